The Balaban J connectivity index is 1.31. The van der Waals surface area contributed by atoms with Gasteiger partial charge < -0.3 is 9.84 Å². The Morgan fingerprint density at radius 2 is 2.06 bits per heavy atom. The topological polar surface area (TPSA) is 98.7 Å². The van der Waals surface area contributed by atoms with Gasteiger partial charge in [-0.05, 0) is 48.1 Å². The molecule has 3 heterocycles. The van der Waals surface area contributed by atoms with E-state index in [1.165, 1.54) is 11.1 Å². The molecule has 0 saturated heterocycles. The van der Waals surface area contributed by atoms with E-state index in [1.807, 2.05) is 0 Å². The molecule has 0 aromatic carbocycles. The molecule has 3 saturated carbocycles. The summed E-state index contributed by atoms with van der Waals surface area (Å²) < 4.78 is 6.52. The first-order valence-electron chi connectivity index (χ1n) is 10.6. The molecule has 0 unspecified atom stereocenters. The molecule has 0 aliphatic heterocycles. The fourth-order valence-corrected chi connectivity index (χ4v) is 5.48. The summed E-state index contributed by atoms with van der Waals surface area (Å²) in [4.78, 5) is 21.1. The summed E-state index contributed by atoms with van der Waals surface area (Å²) in [7, 11) is 0. The van der Waals surface area contributed by atoms with Gasteiger partial charge in [-0.15, -0.1) is 0 Å². The van der Waals surface area contributed by atoms with Crippen molar-refractivity contribution in [3.05, 3.63) is 52.0 Å². The minimum atomic E-state index is -0.385. The normalized spacial score (nSPS) is 26.3. The summed E-state index contributed by atoms with van der Waals surface area (Å²) in [5.41, 5.74) is 1.39. The minimum Gasteiger partial charge on any atom is -0.379 e. The molecule has 3 fully saturated rings. The van der Waals surface area contributed by atoms with E-state index in [0.29, 0.717) is 40.7 Å². The molecule has 0 spiro atoms. The van der Waals surface area contributed by atoms with Gasteiger partial charge in [-0.25, -0.2) is 4.68 Å². The predicted octanol–water partition coefficient (Wildman–Crippen LogP) is 3.87. The van der Waals surface area contributed by atoms with E-state index in [-0.39, 0.29) is 23.0 Å². The summed E-state index contributed by atoms with van der Waals surface area (Å²) >= 11 is 6.43. The van der Waals surface area contributed by atoms with Gasteiger partial charge >= 0.3 is 0 Å². The van der Waals surface area contributed by atoms with Gasteiger partial charge in [-0.1, -0.05) is 37.5 Å². The number of anilines is 1. The largest absolute Gasteiger partial charge is 0.379 e. The summed E-state index contributed by atoms with van der Waals surface area (Å²) in [5, 5.41) is 11.9. The molecule has 3 aromatic heterocycles. The second-order valence-corrected chi connectivity index (χ2v) is 9.67. The number of pyridine rings is 1. The lowest BCUT2D eigenvalue weighted by Gasteiger charge is -2.62. The average molecular weight is 441 g/mol. The van der Waals surface area contributed by atoms with Gasteiger partial charge in [0.2, 0.25) is 11.7 Å². The molecule has 9 heteroatoms. The molecule has 8 nitrogen and oxygen atoms in total. The molecule has 3 aliphatic rings. The quantitative estimate of drug-likeness (QED) is 0.642. The van der Waals surface area contributed by atoms with E-state index in [9.17, 15) is 4.79 Å². The Hall–Kier alpha value is -2.74. The van der Waals surface area contributed by atoms with Crippen LogP contribution >= 0.6 is 11.6 Å². The highest BCUT2D eigenvalue weighted by molar-refractivity contribution is 6.32. The molecule has 0 radical (unpaired) electrons. The molecule has 3 aromatic rings. The van der Waals surface area contributed by atoms with Crippen molar-refractivity contribution in [1.82, 2.24) is 24.9 Å². The number of aromatic nitrogens is 5. The summed E-state index contributed by atoms with van der Waals surface area (Å²) in [5.74, 6) is 2.64. The van der Waals surface area contributed by atoms with Crippen LogP contribution in [0.2, 0.25) is 5.02 Å². The minimum absolute atomic E-state index is 0.0507. The number of halogens is 1. The summed E-state index contributed by atoms with van der Waals surface area (Å²) in [6.45, 7) is 7.07. The third-order valence-electron chi connectivity index (χ3n) is 7.37. The third kappa shape index (κ3) is 3.43. The SMILES string of the molecule is C[C@@H]1[C@H]2C[C@@H](C[C@H]1Nc1cnn(Cc3nc(-c4ccncc4)no3)c(=O)c1Cl)C2(C)C. The van der Waals surface area contributed by atoms with Gasteiger partial charge in [0.1, 0.15) is 11.6 Å². The van der Waals surface area contributed by atoms with Crippen molar-refractivity contribution in [2.75, 3.05) is 5.32 Å². The zero-order valence-electron chi connectivity index (χ0n) is 17.7. The number of hydrogen-bond donors (Lipinski definition) is 1. The molecule has 4 atom stereocenters. The van der Waals surface area contributed by atoms with E-state index in [0.717, 1.165) is 12.0 Å². The fourth-order valence-electron chi connectivity index (χ4n) is 5.28. The number of rotatable bonds is 5. The van der Waals surface area contributed by atoms with Gasteiger partial charge in [0.15, 0.2) is 0 Å². The Labute approximate surface area is 185 Å². The van der Waals surface area contributed by atoms with E-state index < -0.39 is 0 Å². The average Bonchev–Trinajstić information content (AvgIpc) is 3.23. The monoisotopic (exact) mass is 440 g/mol. The van der Waals surface area contributed by atoms with Crippen molar-refractivity contribution < 1.29 is 4.52 Å². The zero-order valence-corrected chi connectivity index (χ0v) is 18.5. The lowest BCUT2D eigenvalue weighted by molar-refractivity contribution is -0.105. The van der Waals surface area contributed by atoms with Crippen LogP contribution < -0.4 is 10.9 Å². The number of nitrogens with zero attached hydrogens (tertiary/aromatic N) is 5. The van der Waals surface area contributed by atoms with Crippen LogP contribution in [0.4, 0.5) is 5.69 Å². The highest BCUT2D eigenvalue weighted by Crippen LogP contribution is 2.61. The van der Waals surface area contributed by atoms with Crippen LogP contribution in [0, 0.1) is 23.2 Å². The highest BCUT2D eigenvalue weighted by Gasteiger charge is 2.56. The maximum atomic E-state index is 12.8. The van der Waals surface area contributed by atoms with Crippen molar-refractivity contribution in [1.29, 1.82) is 0 Å². The van der Waals surface area contributed by atoms with E-state index in [4.69, 9.17) is 16.1 Å². The number of nitrogens with one attached hydrogen (secondary N) is 1. The zero-order chi connectivity index (χ0) is 21.8. The molecule has 1 N–H and O–H groups in total. The molecule has 31 heavy (non-hydrogen) atoms. The number of hydrogen-bond acceptors (Lipinski definition) is 7. The number of fused-ring (bicyclic) bond motifs is 2. The van der Waals surface area contributed by atoms with Crippen LogP contribution in [0.15, 0.2) is 40.0 Å². The maximum absolute atomic E-state index is 12.8. The van der Waals surface area contributed by atoms with Crippen LogP contribution in [-0.2, 0) is 6.54 Å². The molecule has 6 rings (SSSR count). The second kappa shape index (κ2) is 7.44. The maximum Gasteiger partial charge on any atom is 0.288 e. The van der Waals surface area contributed by atoms with Crippen LogP contribution in [0.25, 0.3) is 11.4 Å². The third-order valence-corrected chi connectivity index (χ3v) is 7.74. The van der Waals surface area contributed by atoms with Gasteiger partial charge in [0, 0.05) is 24.0 Å². The van der Waals surface area contributed by atoms with Crippen LogP contribution in [-0.4, -0.2) is 30.9 Å². The molecule has 2 bridgehead atoms. The van der Waals surface area contributed by atoms with E-state index in [2.05, 4.69) is 46.3 Å². The van der Waals surface area contributed by atoms with Crippen LogP contribution in [0.3, 0.4) is 0 Å². The summed E-state index contributed by atoms with van der Waals surface area (Å²) in [6.07, 6.45) is 7.30. The van der Waals surface area contributed by atoms with Gasteiger partial charge in [0.05, 0.1) is 11.9 Å². The van der Waals surface area contributed by atoms with Crippen molar-refractivity contribution in [2.45, 2.75) is 46.2 Å². The standard InChI is InChI=1S/C22H25ClN6O2/c1-12-15-8-14(22(15,2)3)9-16(12)26-17-10-25-29(21(30)19(17)23)11-18-27-20(28-31-18)13-4-6-24-7-5-13/h4-7,10,12,14-16,26H,8-9,11H2,1-3H3/t12-,14+,15-,16-/m1/s1. The van der Waals surface area contributed by atoms with Crippen LogP contribution in [0.5, 0.6) is 0 Å². The van der Waals surface area contributed by atoms with Crippen molar-refractivity contribution in [3.63, 3.8) is 0 Å². The van der Waals surface area contributed by atoms with Crippen LogP contribution in [0.1, 0.15) is 39.5 Å². The Kier molecular flexibility index (Phi) is 4.84. The van der Waals surface area contributed by atoms with Crippen molar-refractivity contribution >= 4 is 17.3 Å². The van der Waals surface area contributed by atoms with Crippen molar-refractivity contribution in [3.8, 4) is 11.4 Å². The van der Waals surface area contributed by atoms with Gasteiger partial charge in [-0.2, -0.15) is 10.1 Å². The van der Waals surface area contributed by atoms with E-state index in [1.54, 1.807) is 30.7 Å². The summed E-state index contributed by atoms with van der Waals surface area (Å²) in [6, 6.07) is 3.87. The van der Waals surface area contributed by atoms with Crippen molar-refractivity contribution in [2.24, 2.45) is 23.2 Å². The lowest BCUT2D eigenvalue weighted by Crippen LogP contribution is -2.58. The molecular formula is C22H25ClN6O2. The first kappa shape index (κ1) is 20.2. The second-order valence-electron chi connectivity index (χ2n) is 9.29. The first-order valence-corrected chi connectivity index (χ1v) is 11.0. The smallest absolute Gasteiger partial charge is 0.288 e. The molecular weight excluding hydrogens is 416 g/mol. The predicted molar refractivity (Wildman–Crippen MR) is 117 cm³/mol. The highest BCUT2D eigenvalue weighted by atomic mass is 35.5. The Bertz CT molecular complexity index is 1160. The molecule has 162 valence electrons. The van der Waals surface area contributed by atoms with Gasteiger partial charge in [-0.3, -0.25) is 9.78 Å². The van der Waals surface area contributed by atoms with Gasteiger partial charge in [0.25, 0.3) is 5.56 Å². The molecule has 3 aliphatic carbocycles. The lowest BCUT2D eigenvalue weighted by atomic mass is 9.45. The first-order chi connectivity index (χ1) is 14.8. The Morgan fingerprint density at radius 3 is 2.77 bits per heavy atom. The fraction of sp³-hybridized carbons (Fsp3) is 0.500. The van der Waals surface area contributed by atoms with E-state index >= 15 is 0 Å². The molecule has 0 amide bonds. The Morgan fingerprint density at radius 1 is 1.29 bits per heavy atom.